The SMILES string of the molecule is COc1cc(Cl)cc(CS(N)(=O)=O)c1O. The Balaban J connectivity index is 3.24. The van der Waals surface area contributed by atoms with Crippen molar-refractivity contribution < 1.29 is 18.3 Å². The number of benzene rings is 1. The number of phenolic OH excluding ortho intramolecular Hbond substituents is 1. The predicted octanol–water partition coefficient (Wildman–Crippen LogP) is 0.843. The predicted molar refractivity (Wildman–Crippen MR) is 56.5 cm³/mol. The topological polar surface area (TPSA) is 89.6 Å². The minimum absolute atomic E-state index is 0.112. The molecule has 0 unspecified atom stereocenters. The Morgan fingerprint density at radius 1 is 1.53 bits per heavy atom. The van der Waals surface area contributed by atoms with Gasteiger partial charge in [0.1, 0.15) is 0 Å². The third-order valence-electron chi connectivity index (χ3n) is 1.70. The molecule has 3 N–H and O–H groups in total. The molecule has 0 saturated heterocycles. The summed E-state index contributed by atoms with van der Waals surface area (Å²) in [6.07, 6.45) is 0. The summed E-state index contributed by atoms with van der Waals surface area (Å²) in [7, 11) is -2.38. The average molecular weight is 252 g/mol. The highest BCUT2D eigenvalue weighted by molar-refractivity contribution is 7.88. The maximum Gasteiger partial charge on any atom is 0.213 e. The molecule has 0 saturated carbocycles. The second-order valence-corrected chi connectivity index (χ2v) is 4.97. The van der Waals surface area contributed by atoms with Gasteiger partial charge >= 0.3 is 0 Å². The molecule has 7 heteroatoms. The van der Waals surface area contributed by atoms with E-state index in [2.05, 4.69) is 0 Å². The van der Waals surface area contributed by atoms with E-state index in [0.717, 1.165) is 0 Å². The molecule has 0 spiro atoms. The van der Waals surface area contributed by atoms with Crippen LogP contribution in [0, 0.1) is 0 Å². The normalized spacial score (nSPS) is 11.4. The van der Waals surface area contributed by atoms with Crippen molar-refractivity contribution >= 4 is 21.6 Å². The molecule has 0 aliphatic carbocycles. The van der Waals surface area contributed by atoms with Gasteiger partial charge in [-0.05, 0) is 6.07 Å². The number of ether oxygens (including phenoxy) is 1. The van der Waals surface area contributed by atoms with E-state index in [0.29, 0.717) is 0 Å². The van der Waals surface area contributed by atoms with Gasteiger partial charge in [0.15, 0.2) is 11.5 Å². The zero-order chi connectivity index (χ0) is 11.6. The first-order chi connectivity index (χ1) is 6.83. The van der Waals surface area contributed by atoms with E-state index >= 15 is 0 Å². The number of methoxy groups -OCH3 is 1. The number of hydrogen-bond donors (Lipinski definition) is 2. The van der Waals surface area contributed by atoms with Crippen LogP contribution < -0.4 is 9.88 Å². The van der Waals surface area contributed by atoms with Gasteiger partial charge in [0.25, 0.3) is 0 Å². The van der Waals surface area contributed by atoms with Crippen LogP contribution in [0.4, 0.5) is 0 Å². The minimum Gasteiger partial charge on any atom is -0.504 e. The fourth-order valence-electron chi connectivity index (χ4n) is 1.11. The zero-order valence-electron chi connectivity index (χ0n) is 7.90. The van der Waals surface area contributed by atoms with Gasteiger partial charge in [-0.3, -0.25) is 0 Å². The average Bonchev–Trinajstić information content (AvgIpc) is 2.08. The monoisotopic (exact) mass is 251 g/mol. The Morgan fingerprint density at radius 3 is 2.60 bits per heavy atom. The number of hydrogen-bond acceptors (Lipinski definition) is 4. The molecular formula is C8H10ClNO4S. The summed E-state index contributed by atoms with van der Waals surface area (Å²) in [6.45, 7) is 0. The van der Waals surface area contributed by atoms with Crippen LogP contribution in [-0.4, -0.2) is 20.6 Å². The van der Waals surface area contributed by atoms with E-state index in [9.17, 15) is 13.5 Å². The van der Waals surface area contributed by atoms with E-state index in [-0.39, 0.29) is 22.1 Å². The number of aromatic hydroxyl groups is 1. The van der Waals surface area contributed by atoms with Gasteiger partial charge in [-0.25, -0.2) is 13.6 Å². The van der Waals surface area contributed by atoms with Crippen LogP contribution in [0.1, 0.15) is 5.56 Å². The van der Waals surface area contributed by atoms with Gasteiger partial charge in [-0.15, -0.1) is 0 Å². The fourth-order valence-corrected chi connectivity index (χ4v) is 2.00. The molecule has 0 aliphatic rings. The Labute approximate surface area is 92.5 Å². The summed E-state index contributed by atoms with van der Waals surface area (Å²) in [5.41, 5.74) is 0.113. The first-order valence-corrected chi connectivity index (χ1v) is 5.98. The molecule has 1 rings (SSSR count). The number of phenols is 1. The van der Waals surface area contributed by atoms with Crippen LogP contribution >= 0.6 is 11.6 Å². The molecule has 0 heterocycles. The van der Waals surface area contributed by atoms with Crippen LogP contribution in [-0.2, 0) is 15.8 Å². The summed E-state index contributed by atoms with van der Waals surface area (Å²) in [4.78, 5) is 0. The van der Waals surface area contributed by atoms with Crippen molar-refractivity contribution in [2.45, 2.75) is 5.75 Å². The van der Waals surface area contributed by atoms with E-state index < -0.39 is 15.8 Å². The molecule has 15 heavy (non-hydrogen) atoms. The van der Waals surface area contributed by atoms with Crippen molar-refractivity contribution in [1.82, 2.24) is 0 Å². The summed E-state index contributed by atoms with van der Waals surface area (Å²) < 4.78 is 26.5. The van der Waals surface area contributed by atoms with Crippen molar-refractivity contribution in [2.24, 2.45) is 5.14 Å². The van der Waals surface area contributed by atoms with Crippen LogP contribution in [0.2, 0.25) is 5.02 Å². The largest absolute Gasteiger partial charge is 0.504 e. The van der Waals surface area contributed by atoms with Gasteiger partial charge in [0.2, 0.25) is 10.0 Å². The maximum atomic E-state index is 10.8. The molecule has 1 aromatic rings. The van der Waals surface area contributed by atoms with Crippen molar-refractivity contribution in [3.05, 3.63) is 22.7 Å². The van der Waals surface area contributed by atoms with Crippen molar-refractivity contribution in [1.29, 1.82) is 0 Å². The smallest absolute Gasteiger partial charge is 0.213 e. The van der Waals surface area contributed by atoms with Crippen molar-refractivity contribution in [3.63, 3.8) is 0 Å². The molecule has 0 atom stereocenters. The first kappa shape index (κ1) is 12.1. The lowest BCUT2D eigenvalue weighted by molar-refractivity contribution is 0.371. The molecule has 0 bridgehead atoms. The highest BCUT2D eigenvalue weighted by atomic mass is 35.5. The lowest BCUT2D eigenvalue weighted by Gasteiger charge is -2.08. The molecule has 0 fully saturated rings. The second kappa shape index (κ2) is 4.26. The zero-order valence-corrected chi connectivity index (χ0v) is 9.47. The molecule has 0 aromatic heterocycles. The van der Waals surface area contributed by atoms with E-state index in [1.807, 2.05) is 0 Å². The summed E-state index contributed by atoms with van der Waals surface area (Å²) in [5, 5.41) is 14.7. The van der Waals surface area contributed by atoms with Crippen LogP contribution in [0.25, 0.3) is 0 Å². The highest BCUT2D eigenvalue weighted by Crippen LogP contribution is 2.33. The number of sulfonamides is 1. The van der Waals surface area contributed by atoms with Crippen LogP contribution in [0.3, 0.4) is 0 Å². The van der Waals surface area contributed by atoms with Gasteiger partial charge < -0.3 is 9.84 Å². The molecular weight excluding hydrogens is 242 g/mol. The number of nitrogens with two attached hydrogens (primary N) is 1. The van der Waals surface area contributed by atoms with E-state index in [1.54, 1.807) is 0 Å². The molecule has 1 aromatic carbocycles. The third-order valence-corrected chi connectivity index (χ3v) is 2.63. The Kier molecular flexibility index (Phi) is 3.43. The fraction of sp³-hybridized carbons (Fsp3) is 0.250. The first-order valence-electron chi connectivity index (χ1n) is 3.89. The quantitative estimate of drug-likeness (QED) is 0.833. The van der Waals surface area contributed by atoms with E-state index in [4.69, 9.17) is 21.5 Å². The Morgan fingerprint density at radius 2 is 2.13 bits per heavy atom. The van der Waals surface area contributed by atoms with Gasteiger partial charge in [0.05, 0.1) is 12.9 Å². The number of halogens is 1. The minimum atomic E-state index is -3.72. The molecule has 0 aliphatic heterocycles. The summed E-state index contributed by atoms with van der Waals surface area (Å²) >= 11 is 5.70. The molecule has 0 amide bonds. The molecule has 0 radical (unpaired) electrons. The van der Waals surface area contributed by atoms with Gasteiger partial charge in [-0.1, -0.05) is 11.6 Å². The lowest BCUT2D eigenvalue weighted by Crippen LogP contribution is -2.14. The summed E-state index contributed by atoms with van der Waals surface area (Å²) in [6, 6.07) is 2.70. The lowest BCUT2D eigenvalue weighted by atomic mass is 10.2. The van der Waals surface area contributed by atoms with Crippen LogP contribution in [0.5, 0.6) is 11.5 Å². The number of primary sulfonamides is 1. The highest BCUT2D eigenvalue weighted by Gasteiger charge is 2.14. The standard InChI is InChI=1S/C8H10ClNO4S/c1-14-7-3-6(9)2-5(8(7)11)4-15(10,12)13/h2-3,11H,4H2,1H3,(H2,10,12,13). The number of rotatable bonds is 3. The Bertz CT molecular complexity index is 472. The molecule has 84 valence electrons. The van der Waals surface area contributed by atoms with Crippen LogP contribution in [0.15, 0.2) is 12.1 Å². The second-order valence-electron chi connectivity index (χ2n) is 2.92. The van der Waals surface area contributed by atoms with E-state index in [1.165, 1.54) is 19.2 Å². The van der Waals surface area contributed by atoms with Gasteiger partial charge in [-0.2, -0.15) is 0 Å². The summed E-state index contributed by atoms with van der Waals surface area (Å²) in [5.74, 6) is -0.646. The Hall–Kier alpha value is -0.980. The maximum absolute atomic E-state index is 10.8. The van der Waals surface area contributed by atoms with Crippen molar-refractivity contribution in [2.75, 3.05) is 7.11 Å². The van der Waals surface area contributed by atoms with Gasteiger partial charge in [0, 0.05) is 16.7 Å². The third kappa shape index (κ3) is 3.26. The molecule has 5 nitrogen and oxygen atoms in total. The van der Waals surface area contributed by atoms with Crippen molar-refractivity contribution in [3.8, 4) is 11.5 Å².